The lowest BCUT2D eigenvalue weighted by Crippen LogP contribution is -2.72. The van der Waals surface area contributed by atoms with Gasteiger partial charge < -0.3 is 0 Å². The molecule has 0 unspecified atom stereocenters. The smallest absolute Gasteiger partial charge is 0.180 e. The molecule has 0 amide bonds. The summed E-state index contributed by atoms with van der Waals surface area (Å²) >= 11 is 0. The van der Waals surface area contributed by atoms with Crippen molar-refractivity contribution in [3.8, 4) is 67.5 Å². The second-order valence-electron chi connectivity index (χ2n) is 14.0. The van der Waals surface area contributed by atoms with E-state index in [4.69, 9.17) is 15.0 Å². The third-order valence-electron chi connectivity index (χ3n) is 10.8. The molecule has 0 N–H and O–H groups in total. The lowest BCUT2D eigenvalue weighted by Gasteiger charge is -2.31. The van der Waals surface area contributed by atoms with Gasteiger partial charge >= 0.3 is 0 Å². The molecule has 0 saturated carbocycles. The molecule has 0 spiro atoms. The highest BCUT2D eigenvalue weighted by molar-refractivity contribution is 7.22. The van der Waals surface area contributed by atoms with Crippen LogP contribution in [0, 0.1) is 0 Å². The summed E-state index contributed by atoms with van der Waals surface area (Å²) in [6, 6.07) is 76.2. The Labute approximate surface area is 322 Å². The maximum Gasteiger partial charge on any atom is 0.180 e. The molecule has 0 atom stereocenters. The van der Waals surface area contributed by atoms with Crippen LogP contribution in [0.1, 0.15) is 0 Å². The van der Waals surface area contributed by atoms with E-state index in [2.05, 4.69) is 152 Å². The minimum Gasteiger partial charge on any atom is -0.208 e. The molecule has 4 heteroatoms. The Morgan fingerprint density at radius 2 is 0.636 bits per heavy atom. The molecular formula is C51H35N3Si. The average Bonchev–Trinajstić information content (AvgIpc) is 3.58. The Bertz CT molecular complexity index is 2710. The summed E-state index contributed by atoms with van der Waals surface area (Å²) in [6.07, 6.45) is 0. The highest BCUT2D eigenvalue weighted by Gasteiger charge is 2.48. The van der Waals surface area contributed by atoms with Crippen LogP contribution in [-0.4, -0.2) is 23.0 Å². The maximum atomic E-state index is 4.99. The fourth-order valence-electron chi connectivity index (χ4n) is 8.28. The van der Waals surface area contributed by atoms with Crippen molar-refractivity contribution in [2.45, 2.75) is 0 Å². The van der Waals surface area contributed by atoms with Gasteiger partial charge in [-0.3, -0.25) is 0 Å². The third-order valence-corrected chi connectivity index (χ3v) is 15.7. The van der Waals surface area contributed by atoms with Crippen LogP contribution in [0.15, 0.2) is 212 Å². The molecule has 2 heterocycles. The molecule has 1 aliphatic rings. The van der Waals surface area contributed by atoms with Crippen molar-refractivity contribution in [2.75, 3.05) is 0 Å². The van der Waals surface area contributed by atoms with Crippen LogP contribution >= 0.6 is 0 Å². The van der Waals surface area contributed by atoms with Crippen LogP contribution < -0.4 is 20.7 Å². The summed E-state index contributed by atoms with van der Waals surface area (Å²) in [4.78, 5) is 14.9. The molecule has 3 nitrogen and oxygen atoms in total. The molecule has 1 aromatic heterocycles. The molecule has 0 saturated heterocycles. The topological polar surface area (TPSA) is 38.7 Å². The summed E-state index contributed by atoms with van der Waals surface area (Å²) in [5, 5.41) is 5.70. The van der Waals surface area contributed by atoms with Crippen LogP contribution in [0.2, 0.25) is 0 Å². The first-order valence-corrected chi connectivity index (χ1v) is 20.7. The van der Waals surface area contributed by atoms with E-state index >= 15 is 0 Å². The number of fused-ring (bicyclic) bond motifs is 3. The Kier molecular flexibility index (Phi) is 8.16. The predicted octanol–water partition coefficient (Wildman–Crippen LogP) is 9.56. The molecule has 8 aromatic carbocycles. The minimum atomic E-state index is -2.59. The van der Waals surface area contributed by atoms with E-state index in [9.17, 15) is 0 Å². The number of hydrogen-bond acceptors (Lipinski definition) is 3. The molecule has 55 heavy (non-hydrogen) atoms. The largest absolute Gasteiger partial charge is 0.208 e. The van der Waals surface area contributed by atoms with Gasteiger partial charge in [0.15, 0.2) is 25.5 Å². The van der Waals surface area contributed by atoms with Crippen molar-refractivity contribution in [1.29, 1.82) is 0 Å². The van der Waals surface area contributed by atoms with Crippen molar-refractivity contribution < 1.29 is 0 Å². The van der Waals surface area contributed by atoms with Crippen LogP contribution in [-0.2, 0) is 0 Å². The first-order valence-electron chi connectivity index (χ1n) is 18.7. The standard InChI is InChI=1S/C51H35N3Si/c1-5-17-36(18-6-1)49-52-50(37-19-7-2-8-20-37)54-51(53-49)42-24-16-23-40(34-42)38-21-15-22-39(33-38)41-31-32-46-45-29-13-14-30-47(45)55(48(46)35-41,43-25-9-3-10-26-43)44-27-11-4-12-28-44/h1-35H. The Hall–Kier alpha value is -7.01. The number of hydrogen-bond donors (Lipinski definition) is 0. The second-order valence-corrected chi connectivity index (χ2v) is 17.7. The van der Waals surface area contributed by atoms with Gasteiger partial charge in [0, 0.05) is 16.7 Å². The number of benzene rings is 8. The van der Waals surface area contributed by atoms with Gasteiger partial charge in [-0.1, -0.05) is 200 Å². The zero-order chi connectivity index (χ0) is 36.6. The highest BCUT2D eigenvalue weighted by atomic mass is 28.3. The van der Waals surface area contributed by atoms with Gasteiger partial charge in [0.05, 0.1) is 0 Å². The third kappa shape index (κ3) is 5.72. The van der Waals surface area contributed by atoms with Gasteiger partial charge in [0.1, 0.15) is 0 Å². The van der Waals surface area contributed by atoms with Crippen molar-refractivity contribution in [3.05, 3.63) is 212 Å². The van der Waals surface area contributed by atoms with Gasteiger partial charge in [0.2, 0.25) is 0 Å². The van der Waals surface area contributed by atoms with Crippen LogP contribution in [0.25, 0.3) is 67.5 Å². The first kappa shape index (κ1) is 32.6. The zero-order valence-corrected chi connectivity index (χ0v) is 31.0. The molecule has 0 radical (unpaired) electrons. The molecule has 0 bridgehead atoms. The van der Waals surface area contributed by atoms with Gasteiger partial charge in [-0.25, -0.2) is 15.0 Å². The van der Waals surface area contributed by atoms with E-state index in [0.29, 0.717) is 17.5 Å². The summed E-state index contributed by atoms with van der Waals surface area (Å²) in [7, 11) is -2.59. The zero-order valence-electron chi connectivity index (χ0n) is 30.0. The molecular weight excluding hydrogens is 683 g/mol. The molecule has 1 aliphatic heterocycles. The fourth-order valence-corrected chi connectivity index (χ4v) is 13.5. The lowest BCUT2D eigenvalue weighted by atomic mass is 9.96. The van der Waals surface area contributed by atoms with E-state index < -0.39 is 8.07 Å². The van der Waals surface area contributed by atoms with Crippen molar-refractivity contribution in [3.63, 3.8) is 0 Å². The summed E-state index contributed by atoms with van der Waals surface area (Å²) in [6.45, 7) is 0. The van der Waals surface area contributed by atoms with Gasteiger partial charge in [-0.2, -0.15) is 0 Å². The van der Waals surface area contributed by atoms with Crippen molar-refractivity contribution in [1.82, 2.24) is 15.0 Å². The quantitative estimate of drug-likeness (QED) is 0.154. The van der Waals surface area contributed by atoms with Gasteiger partial charge in [-0.05, 0) is 66.3 Å². The maximum absolute atomic E-state index is 4.99. The molecule has 10 rings (SSSR count). The molecule has 258 valence electrons. The highest BCUT2D eigenvalue weighted by Crippen LogP contribution is 2.34. The molecule has 9 aromatic rings. The number of rotatable bonds is 7. The normalized spacial score (nSPS) is 12.5. The summed E-state index contributed by atoms with van der Waals surface area (Å²) < 4.78 is 0. The van der Waals surface area contributed by atoms with Crippen LogP contribution in [0.5, 0.6) is 0 Å². The van der Waals surface area contributed by atoms with Crippen molar-refractivity contribution >= 4 is 28.8 Å². The first-order chi connectivity index (χ1) is 27.3. The Morgan fingerprint density at radius 1 is 0.255 bits per heavy atom. The van der Waals surface area contributed by atoms with E-state index in [1.165, 1.54) is 43.0 Å². The Balaban J connectivity index is 1.08. The molecule has 0 aliphatic carbocycles. The minimum absolute atomic E-state index is 0.645. The number of nitrogens with zero attached hydrogens (tertiary/aromatic N) is 3. The van der Waals surface area contributed by atoms with E-state index in [-0.39, 0.29) is 0 Å². The van der Waals surface area contributed by atoms with E-state index in [1.54, 1.807) is 0 Å². The second kappa shape index (κ2) is 13.8. The lowest BCUT2D eigenvalue weighted by molar-refractivity contribution is 1.07. The van der Waals surface area contributed by atoms with E-state index in [1.807, 2.05) is 60.7 Å². The van der Waals surface area contributed by atoms with Crippen molar-refractivity contribution in [2.24, 2.45) is 0 Å². The van der Waals surface area contributed by atoms with Crippen LogP contribution in [0.3, 0.4) is 0 Å². The van der Waals surface area contributed by atoms with Gasteiger partial charge in [0.25, 0.3) is 0 Å². The number of aromatic nitrogens is 3. The fraction of sp³-hybridized carbons (Fsp3) is 0. The Morgan fingerprint density at radius 3 is 1.18 bits per heavy atom. The predicted molar refractivity (Wildman–Crippen MR) is 230 cm³/mol. The molecule has 0 fully saturated rings. The summed E-state index contributed by atoms with van der Waals surface area (Å²) in [5.41, 5.74) is 10.2. The monoisotopic (exact) mass is 717 g/mol. The van der Waals surface area contributed by atoms with E-state index in [0.717, 1.165) is 27.8 Å². The SMILES string of the molecule is c1ccc(-c2nc(-c3ccccc3)nc(-c3cccc(-c4cccc(-c5ccc6c(c5)[Si](c5ccccc5)(c5ccccc5)c5ccccc5-6)c4)c3)n2)cc1. The van der Waals surface area contributed by atoms with Gasteiger partial charge in [-0.15, -0.1) is 0 Å². The average molecular weight is 718 g/mol. The summed E-state index contributed by atoms with van der Waals surface area (Å²) in [5.74, 6) is 1.95. The van der Waals surface area contributed by atoms with Crippen LogP contribution in [0.4, 0.5) is 0 Å².